The molecule has 0 saturated carbocycles. The van der Waals surface area contributed by atoms with E-state index in [4.69, 9.17) is 11.6 Å². The summed E-state index contributed by atoms with van der Waals surface area (Å²) in [6.45, 7) is 4.36. The number of halogens is 1. The minimum absolute atomic E-state index is 0.0400. The van der Waals surface area contributed by atoms with Gasteiger partial charge in [-0.1, -0.05) is 44.4 Å². The summed E-state index contributed by atoms with van der Waals surface area (Å²) >= 11 is 5.82. The number of phenolic OH excluding ortho intramolecular Hbond substituents is 1. The van der Waals surface area contributed by atoms with E-state index >= 15 is 0 Å². The summed E-state index contributed by atoms with van der Waals surface area (Å²) in [5, 5.41) is 22.3. The van der Waals surface area contributed by atoms with Crippen LogP contribution in [-0.2, 0) is 11.2 Å². The molecule has 0 heterocycles. The number of phenols is 1. The van der Waals surface area contributed by atoms with Crippen molar-refractivity contribution in [1.29, 1.82) is 0 Å². The first-order valence-corrected chi connectivity index (χ1v) is 7.77. The second-order valence-corrected chi connectivity index (χ2v) is 5.64. The molecule has 0 bridgehead atoms. The molecule has 1 aromatic rings. The molecule has 0 radical (unpaired) electrons. The summed E-state index contributed by atoms with van der Waals surface area (Å²) in [4.78, 5) is 11.8. The maximum atomic E-state index is 11.8. The quantitative estimate of drug-likeness (QED) is 0.691. The standard InChI is InChI=1S/C16H24ClNO3/c1-3-12(4-2)15(20)10-18-16(21)8-6-11-5-7-14(19)13(17)9-11/h5,7,9,12,15,19-20H,3-4,6,8,10H2,1-2H3,(H,18,21)/t15-/m0/s1. The Morgan fingerprint density at radius 1 is 1.33 bits per heavy atom. The zero-order chi connectivity index (χ0) is 15.8. The van der Waals surface area contributed by atoms with Crippen molar-refractivity contribution in [2.45, 2.75) is 45.6 Å². The van der Waals surface area contributed by atoms with Crippen molar-refractivity contribution in [2.24, 2.45) is 5.92 Å². The number of nitrogens with one attached hydrogen (secondary N) is 1. The lowest BCUT2D eigenvalue weighted by atomic mass is 9.96. The lowest BCUT2D eigenvalue weighted by molar-refractivity contribution is -0.121. The first-order chi connectivity index (χ1) is 9.97. The summed E-state index contributed by atoms with van der Waals surface area (Å²) in [5.74, 6) is 0.170. The summed E-state index contributed by atoms with van der Waals surface area (Å²) in [5.41, 5.74) is 0.897. The lowest BCUT2D eigenvalue weighted by Gasteiger charge is -2.20. The van der Waals surface area contributed by atoms with E-state index in [9.17, 15) is 15.0 Å². The Kier molecular flexibility index (Phi) is 7.54. The van der Waals surface area contributed by atoms with Crippen LogP contribution in [0.3, 0.4) is 0 Å². The van der Waals surface area contributed by atoms with Crippen LogP contribution in [0.1, 0.15) is 38.7 Å². The van der Waals surface area contributed by atoms with Gasteiger partial charge < -0.3 is 15.5 Å². The van der Waals surface area contributed by atoms with Gasteiger partial charge in [-0.3, -0.25) is 4.79 Å². The average Bonchev–Trinajstić information content (AvgIpc) is 2.47. The second-order valence-electron chi connectivity index (χ2n) is 5.23. The number of aryl methyl sites for hydroxylation is 1. The molecular weight excluding hydrogens is 290 g/mol. The van der Waals surface area contributed by atoms with Gasteiger partial charge in [0, 0.05) is 13.0 Å². The molecule has 0 fully saturated rings. The van der Waals surface area contributed by atoms with E-state index in [2.05, 4.69) is 5.32 Å². The van der Waals surface area contributed by atoms with Crippen LogP contribution in [-0.4, -0.2) is 28.8 Å². The monoisotopic (exact) mass is 313 g/mol. The maximum absolute atomic E-state index is 11.8. The van der Waals surface area contributed by atoms with Gasteiger partial charge in [0.25, 0.3) is 0 Å². The third kappa shape index (κ3) is 5.94. The van der Waals surface area contributed by atoms with Crippen LogP contribution in [0.25, 0.3) is 0 Å². The minimum Gasteiger partial charge on any atom is -0.506 e. The molecule has 1 atom stereocenters. The normalized spacial score (nSPS) is 12.4. The van der Waals surface area contributed by atoms with E-state index in [0.717, 1.165) is 18.4 Å². The number of benzene rings is 1. The summed E-state index contributed by atoms with van der Waals surface area (Å²) in [6, 6.07) is 4.92. The van der Waals surface area contributed by atoms with Gasteiger partial charge in [-0.05, 0) is 30.0 Å². The largest absolute Gasteiger partial charge is 0.506 e. The zero-order valence-electron chi connectivity index (χ0n) is 12.6. The summed E-state index contributed by atoms with van der Waals surface area (Å²) in [7, 11) is 0. The van der Waals surface area contributed by atoms with Crippen LogP contribution in [0, 0.1) is 5.92 Å². The van der Waals surface area contributed by atoms with E-state index in [-0.39, 0.29) is 22.6 Å². The molecule has 0 aliphatic rings. The van der Waals surface area contributed by atoms with Gasteiger partial charge in [0.05, 0.1) is 11.1 Å². The highest BCUT2D eigenvalue weighted by Gasteiger charge is 2.16. The first kappa shape index (κ1) is 17.8. The van der Waals surface area contributed by atoms with E-state index in [1.807, 2.05) is 13.8 Å². The van der Waals surface area contributed by atoms with Crippen LogP contribution in [0.5, 0.6) is 5.75 Å². The number of aliphatic hydroxyl groups is 1. The fraction of sp³-hybridized carbons (Fsp3) is 0.562. The second kappa shape index (κ2) is 8.90. The first-order valence-electron chi connectivity index (χ1n) is 7.40. The molecule has 1 amide bonds. The van der Waals surface area contributed by atoms with Crippen molar-refractivity contribution in [3.05, 3.63) is 28.8 Å². The summed E-state index contributed by atoms with van der Waals surface area (Å²) < 4.78 is 0. The molecule has 3 N–H and O–H groups in total. The number of carbonyl (C=O) groups excluding carboxylic acids is 1. The Labute approximate surface area is 131 Å². The van der Waals surface area contributed by atoms with Crippen LogP contribution in [0.4, 0.5) is 0 Å². The highest BCUT2D eigenvalue weighted by atomic mass is 35.5. The third-order valence-electron chi connectivity index (χ3n) is 3.75. The number of hydrogen-bond acceptors (Lipinski definition) is 3. The number of carbonyl (C=O) groups is 1. The average molecular weight is 314 g/mol. The molecule has 0 unspecified atom stereocenters. The van der Waals surface area contributed by atoms with Crippen LogP contribution < -0.4 is 5.32 Å². The molecule has 0 aliphatic carbocycles. The van der Waals surface area contributed by atoms with Crippen molar-refractivity contribution < 1.29 is 15.0 Å². The molecular formula is C16H24ClNO3. The highest BCUT2D eigenvalue weighted by molar-refractivity contribution is 6.32. The molecule has 21 heavy (non-hydrogen) atoms. The Bertz CT molecular complexity index is 461. The van der Waals surface area contributed by atoms with Gasteiger partial charge in [0.2, 0.25) is 5.91 Å². The van der Waals surface area contributed by atoms with Gasteiger partial charge in [0.1, 0.15) is 5.75 Å². The van der Waals surface area contributed by atoms with Gasteiger partial charge in [-0.2, -0.15) is 0 Å². The number of aromatic hydroxyl groups is 1. The smallest absolute Gasteiger partial charge is 0.220 e. The van der Waals surface area contributed by atoms with Crippen LogP contribution in [0.15, 0.2) is 18.2 Å². The van der Waals surface area contributed by atoms with Gasteiger partial charge >= 0.3 is 0 Å². The van der Waals surface area contributed by atoms with E-state index < -0.39 is 6.10 Å². The molecule has 0 saturated heterocycles. The predicted octanol–water partition coefficient (Wildman–Crippen LogP) is 2.89. The minimum atomic E-state index is -0.493. The number of rotatable bonds is 8. The molecule has 5 heteroatoms. The van der Waals surface area contributed by atoms with Gasteiger partial charge in [-0.25, -0.2) is 0 Å². The predicted molar refractivity (Wildman–Crippen MR) is 84.5 cm³/mol. The van der Waals surface area contributed by atoms with E-state index in [1.54, 1.807) is 12.1 Å². The van der Waals surface area contributed by atoms with Gasteiger partial charge in [-0.15, -0.1) is 0 Å². The highest BCUT2D eigenvalue weighted by Crippen LogP contribution is 2.24. The topological polar surface area (TPSA) is 69.6 Å². The maximum Gasteiger partial charge on any atom is 0.220 e. The zero-order valence-corrected chi connectivity index (χ0v) is 13.4. The number of aliphatic hydroxyl groups excluding tert-OH is 1. The molecule has 0 spiro atoms. The van der Waals surface area contributed by atoms with E-state index in [0.29, 0.717) is 19.4 Å². The van der Waals surface area contributed by atoms with Crippen molar-refractivity contribution in [3.63, 3.8) is 0 Å². The number of hydrogen-bond donors (Lipinski definition) is 3. The third-order valence-corrected chi connectivity index (χ3v) is 4.06. The Balaban J connectivity index is 2.35. The van der Waals surface area contributed by atoms with Crippen molar-refractivity contribution >= 4 is 17.5 Å². The molecule has 1 rings (SSSR count). The van der Waals surface area contributed by atoms with Crippen molar-refractivity contribution in [3.8, 4) is 5.75 Å². The molecule has 1 aromatic carbocycles. The van der Waals surface area contributed by atoms with Crippen molar-refractivity contribution in [2.75, 3.05) is 6.54 Å². The fourth-order valence-corrected chi connectivity index (χ4v) is 2.47. The Morgan fingerprint density at radius 2 is 2.00 bits per heavy atom. The van der Waals surface area contributed by atoms with Gasteiger partial charge in [0.15, 0.2) is 0 Å². The SMILES string of the molecule is CCC(CC)[C@@H](O)CNC(=O)CCc1ccc(O)c(Cl)c1. The molecule has 0 aromatic heterocycles. The fourth-order valence-electron chi connectivity index (χ4n) is 2.27. The molecule has 118 valence electrons. The van der Waals surface area contributed by atoms with Crippen LogP contribution >= 0.6 is 11.6 Å². The van der Waals surface area contributed by atoms with Crippen LogP contribution in [0.2, 0.25) is 5.02 Å². The molecule has 0 aliphatic heterocycles. The number of amides is 1. The van der Waals surface area contributed by atoms with Crippen molar-refractivity contribution in [1.82, 2.24) is 5.32 Å². The Hall–Kier alpha value is -1.26. The summed E-state index contributed by atoms with van der Waals surface area (Å²) in [6.07, 6.45) is 2.19. The lowest BCUT2D eigenvalue weighted by Crippen LogP contribution is -2.36. The Morgan fingerprint density at radius 3 is 2.57 bits per heavy atom. The molecule has 4 nitrogen and oxygen atoms in total. The van der Waals surface area contributed by atoms with E-state index in [1.165, 1.54) is 6.07 Å².